The molecule has 2 N–H and O–H groups in total. The average Bonchev–Trinajstić information content (AvgIpc) is 2.62. The van der Waals surface area contributed by atoms with Gasteiger partial charge in [0.15, 0.2) is 0 Å². The predicted molar refractivity (Wildman–Crippen MR) is 83.6 cm³/mol. The van der Waals surface area contributed by atoms with E-state index in [2.05, 4.69) is 49.9 Å². The molecule has 3 heteroatoms. The number of benzene rings is 1. The maximum Gasteiger partial charge on any atom is 0.0673 e. The van der Waals surface area contributed by atoms with Crippen LogP contribution in [0.1, 0.15) is 38.8 Å². The first-order valence-corrected chi connectivity index (χ1v) is 7.63. The first-order chi connectivity index (χ1) is 9.49. The van der Waals surface area contributed by atoms with Gasteiger partial charge in [0.2, 0.25) is 0 Å². The molecule has 2 unspecified atom stereocenters. The van der Waals surface area contributed by atoms with Crippen molar-refractivity contribution >= 4 is 0 Å². The summed E-state index contributed by atoms with van der Waals surface area (Å²) in [5, 5.41) is 0. The molecule has 2 rings (SSSR count). The minimum absolute atomic E-state index is 0.0470. The maximum atomic E-state index is 6.51. The van der Waals surface area contributed by atoms with Gasteiger partial charge in [-0.1, -0.05) is 44.2 Å². The van der Waals surface area contributed by atoms with E-state index < -0.39 is 0 Å². The Hall–Kier alpha value is -0.900. The Kier molecular flexibility index (Phi) is 5.19. The molecule has 20 heavy (non-hydrogen) atoms. The highest BCUT2D eigenvalue weighted by Crippen LogP contribution is 2.32. The Morgan fingerprint density at radius 2 is 2.05 bits per heavy atom. The fourth-order valence-electron chi connectivity index (χ4n) is 3.01. The van der Waals surface area contributed by atoms with Crippen LogP contribution in [0.4, 0.5) is 0 Å². The van der Waals surface area contributed by atoms with Crippen LogP contribution < -0.4 is 5.73 Å². The van der Waals surface area contributed by atoms with E-state index in [-0.39, 0.29) is 11.5 Å². The number of rotatable bonds is 4. The van der Waals surface area contributed by atoms with Gasteiger partial charge in [0.1, 0.15) is 0 Å². The standard InChI is InChI=1S/C17H28N2O/c1-14-12-19(10-7-11-20-14)13-17(2,3)16(18)15-8-5-4-6-9-15/h4-6,8-9,14,16H,7,10-13,18H2,1-3H3. The molecular formula is C17H28N2O. The minimum Gasteiger partial charge on any atom is -0.377 e. The van der Waals surface area contributed by atoms with Crippen molar-refractivity contribution in [3.8, 4) is 0 Å². The van der Waals surface area contributed by atoms with E-state index in [0.29, 0.717) is 6.10 Å². The molecule has 0 saturated carbocycles. The smallest absolute Gasteiger partial charge is 0.0673 e. The summed E-state index contributed by atoms with van der Waals surface area (Å²) in [6.45, 7) is 10.7. The number of hydrogen-bond donors (Lipinski definition) is 1. The number of nitrogens with zero attached hydrogens (tertiary/aromatic N) is 1. The first kappa shape index (κ1) is 15.5. The lowest BCUT2D eigenvalue weighted by molar-refractivity contribution is 0.0594. The summed E-state index contributed by atoms with van der Waals surface area (Å²) in [5.74, 6) is 0. The lowest BCUT2D eigenvalue weighted by Gasteiger charge is -2.37. The Balaban J connectivity index is 2.02. The quantitative estimate of drug-likeness (QED) is 0.919. The zero-order valence-electron chi connectivity index (χ0n) is 13.0. The minimum atomic E-state index is 0.0470. The van der Waals surface area contributed by atoms with Crippen molar-refractivity contribution in [3.05, 3.63) is 35.9 Å². The van der Waals surface area contributed by atoms with Gasteiger partial charge in [-0.2, -0.15) is 0 Å². The molecular weight excluding hydrogens is 248 g/mol. The van der Waals surface area contributed by atoms with Crippen molar-refractivity contribution in [3.63, 3.8) is 0 Å². The Bertz CT molecular complexity index is 405. The molecule has 3 nitrogen and oxygen atoms in total. The molecule has 1 heterocycles. The van der Waals surface area contributed by atoms with Gasteiger partial charge >= 0.3 is 0 Å². The molecule has 1 aliphatic heterocycles. The highest BCUT2D eigenvalue weighted by Gasteiger charge is 2.30. The van der Waals surface area contributed by atoms with Gasteiger partial charge in [-0.15, -0.1) is 0 Å². The van der Waals surface area contributed by atoms with E-state index in [4.69, 9.17) is 10.5 Å². The molecule has 1 aromatic rings. The fraction of sp³-hybridized carbons (Fsp3) is 0.647. The van der Waals surface area contributed by atoms with Crippen LogP contribution in [-0.2, 0) is 4.74 Å². The summed E-state index contributed by atoms with van der Waals surface area (Å²) in [4.78, 5) is 2.50. The first-order valence-electron chi connectivity index (χ1n) is 7.63. The summed E-state index contributed by atoms with van der Waals surface area (Å²) < 4.78 is 5.72. The van der Waals surface area contributed by atoms with Gasteiger partial charge in [-0.3, -0.25) is 0 Å². The monoisotopic (exact) mass is 276 g/mol. The van der Waals surface area contributed by atoms with Gasteiger partial charge in [-0.05, 0) is 24.3 Å². The topological polar surface area (TPSA) is 38.5 Å². The predicted octanol–water partition coefficient (Wildman–Crippen LogP) is 2.82. The van der Waals surface area contributed by atoms with Crippen molar-refractivity contribution < 1.29 is 4.74 Å². The van der Waals surface area contributed by atoms with E-state index in [9.17, 15) is 0 Å². The third kappa shape index (κ3) is 4.05. The van der Waals surface area contributed by atoms with Gasteiger partial charge in [-0.25, -0.2) is 0 Å². The molecule has 0 aromatic heterocycles. The van der Waals surface area contributed by atoms with Crippen LogP contribution in [0.2, 0.25) is 0 Å². The van der Waals surface area contributed by atoms with Crippen molar-refractivity contribution in [2.45, 2.75) is 39.3 Å². The zero-order chi connectivity index (χ0) is 14.6. The van der Waals surface area contributed by atoms with E-state index >= 15 is 0 Å². The van der Waals surface area contributed by atoms with Crippen LogP contribution in [0.5, 0.6) is 0 Å². The summed E-state index contributed by atoms with van der Waals surface area (Å²) in [7, 11) is 0. The van der Waals surface area contributed by atoms with E-state index in [1.54, 1.807) is 0 Å². The van der Waals surface area contributed by atoms with Crippen molar-refractivity contribution in [2.75, 3.05) is 26.2 Å². The molecule has 0 spiro atoms. The molecule has 0 aliphatic carbocycles. The molecule has 1 aromatic carbocycles. The highest BCUT2D eigenvalue weighted by atomic mass is 16.5. The van der Waals surface area contributed by atoms with E-state index in [1.807, 2.05) is 6.07 Å². The molecule has 2 atom stereocenters. The second-order valence-corrected chi connectivity index (χ2v) is 6.65. The van der Waals surface area contributed by atoms with Crippen LogP contribution in [0.15, 0.2) is 30.3 Å². The van der Waals surface area contributed by atoms with Crippen molar-refractivity contribution in [1.82, 2.24) is 4.90 Å². The normalized spacial score (nSPS) is 23.3. The van der Waals surface area contributed by atoms with E-state index in [0.717, 1.165) is 32.7 Å². The molecule has 0 bridgehead atoms. The fourth-order valence-corrected chi connectivity index (χ4v) is 3.01. The van der Waals surface area contributed by atoms with Crippen molar-refractivity contribution in [1.29, 1.82) is 0 Å². The van der Waals surface area contributed by atoms with Crippen LogP contribution in [0.3, 0.4) is 0 Å². The number of hydrogen-bond acceptors (Lipinski definition) is 3. The number of ether oxygens (including phenoxy) is 1. The molecule has 1 fully saturated rings. The largest absolute Gasteiger partial charge is 0.377 e. The molecule has 112 valence electrons. The van der Waals surface area contributed by atoms with Crippen LogP contribution in [-0.4, -0.2) is 37.2 Å². The average molecular weight is 276 g/mol. The third-order valence-electron chi connectivity index (χ3n) is 4.17. The summed E-state index contributed by atoms with van der Waals surface area (Å²) >= 11 is 0. The second kappa shape index (κ2) is 6.70. The summed E-state index contributed by atoms with van der Waals surface area (Å²) in [5.41, 5.74) is 7.77. The third-order valence-corrected chi connectivity index (χ3v) is 4.17. The SMILES string of the molecule is CC1CN(CC(C)(C)C(N)c2ccccc2)CCCO1. The molecule has 1 aliphatic rings. The highest BCUT2D eigenvalue weighted by molar-refractivity contribution is 5.20. The van der Waals surface area contributed by atoms with Crippen LogP contribution in [0, 0.1) is 5.41 Å². The summed E-state index contributed by atoms with van der Waals surface area (Å²) in [6, 6.07) is 10.5. The molecule has 0 radical (unpaired) electrons. The van der Waals surface area contributed by atoms with Crippen molar-refractivity contribution in [2.24, 2.45) is 11.1 Å². The molecule has 1 saturated heterocycles. The number of nitrogens with two attached hydrogens (primary N) is 1. The van der Waals surface area contributed by atoms with Gasteiger partial charge in [0, 0.05) is 32.3 Å². The maximum absolute atomic E-state index is 6.51. The summed E-state index contributed by atoms with van der Waals surface area (Å²) in [6.07, 6.45) is 1.43. The van der Waals surface area contributed by atoms with Gasteiger partial charge in [0.05, 0.1) is 6.10 Å². The molecule has 0 amide bonds. The van der Waals surface area contributed by atoms with Crippen LogP contribution >= 0.6 is 0 Å². The van der Waals surface area contributed by atoms with Crippen LogP contribution in [0.25, 0.3) is 0 Å². The Labute approximate surface area is 123 Å². The lowest BCUT2D eigenvalue weighted by atomic mass is 9.80. The van der Waals surface area contributed by atoms with E-state index in [1.165, 1.54) is 5.56 Å². The second-order valence-electron chi connectivity index (χ2n) is 6.65. The van der Waals surface area contributed by atoms with Gasteiger partial charge < -0.3 is 15.4 Å². The Morgan fingerprint density at radius 1 is 1.35 bits per heavy atom. The van der Waals surface area contributed by atoms with Gasteiger partial charge in [0.25, 0.3) is 0 Å². The lowest BCUT2D eigenvalue weighted by Crippen LogP contribution is -2.43. The zero-order valence-corrected chi connectivity index (χ0v) is 13.0. The Morgan fingerprint density at radius 3 is 2.75 bits per heavy atom.